The number of hydrogen-bond donors (Lipinski definition) is 1. The van der Waals surface area contributed by atoms with Gasteiger partial charge in [-0.1, -0.05) is 53.5 Å². The first-order chi connectivity index (χ1) is 15.9. The van der Waals surface area contributed by atoms with Crippen LogP contribution in [0.2, 0.25) is 10.0 Å². The van der Waals surface area contributed by atoms with Gasteiger partial charge in [-0.15, -0.1) is 0 Å². The van der Waals surface area contributed by atoms with Crippen LogP contribution >= 0.6 is 23.2 Å². The normalized spacial score (nSPS) is 12.0. The average Bonchev–Trinajstić information content (AvgIpc) is 2.81. The predicted octanol–water partition coefficient (Wildman–Crippen LogP) is 5.53. The van der Waals surface area contributed by atoms with Crippen LogP contribution in [0.1, 0.15) is 18.1 Å². The van der Waals surface area contributed by atoms with Gasteiger partial charge < -0.3 is 9.47 Å². The number of amides is 1. The van der Waals surface area contributed by atoms with Gasteiger partial charge in [0.25, 0.3) is 5.91 Å². The maximum absolute atomic E-state index is 12.2. The summed E-state index contributed by atoms with van der Waals surface area (Å²) in [7, 11) is 0. The van der Waals surface area contributed by atoms with Gasteiger partial charge in [0.2, 0.25) is 0 Å². The molecule has 0 fully saturated rings. The van der Waals surface area contributed by atoms with E-state index in [1.807, 2.05) is 30.3 Å². The molecule has 1 N–H and O–H groups in total. The van der Waals surface area contributed by atoms with Crippen LogP contribution in [0.15, 0.2) is 84.0 Å². The van der Waals surface area contributed by atoms with Gasteiger partial charge in [0, 0.05) is 11.1 Å². The Kier molecular flexibility index (Phi) is 8.63. The lowest BCUT2D eigenvalue weighted by Gasteiger charge is -2.14. The van der Waals surface area contributed by atoms with Crippen LogP contribution in [-0.4, -0.2) is 24.2 Å². The Morgan fingerprint density at radius 3 is 2.39 bits per heavy atom. The first kappa shape index (κ1) is 24.0. The second kappa shape index (κ2) is 11.9. The Morgan fingerprint density at radius 2 is 1.70 bits per heavy atom. The SMILES string of the molecule is C[C@H](Oc1ccc(Cl)cc1Cl)C(=O)N/N=C\c1ccc(OC(=O)/C=C/c2ccccc2)cc1. The zero-order valence-electron chi connectivity index (χ0n) is 17.6. The van der Waals surface area contributed by atoms with E-state index in [1.54, 1.807) is 49.4 Å². The minimum absolute atomic E-state index is 0.307. The van der Waals surface area contributed by atoms with E-state index in [0.717, 1.165) is 5.56 Å². The van der Waals surface area contributed by atoms with E-state index in [-0.39, 0.29) is 0 Å². The molecule has 8 heteroatoms. The van der Waals surface area contributed by atoms with E-state index in [4.69, 9.17) is 32.7 Å². The van der Waals surface area contributed by atoms with Crippen molar-refractivity contribution in [1.29, 1.82) is 0 Å². The molecule has 0 saturated heterocycles. The number of carbonyl (C=O) groups is 2. The van der Waals surface area contributed by atoms with E-state index in [9.17, 15) is 9.59 Å². The summed E-state index contributed by atoms with van der Waals surface area (Å²) in [5.41, 5.74) is 4.00. The third-order valence-corrected chi connectivity index (χ3v) is 4.80. The lowest BCUT2D eigenvalue weighted by molar-refractivity contribution is -0.129. The van der Waals surface area contributed by atoms with E-state index in [2.05, 4.69) is 10.5 Å². The number of halogens is 2. The Bertz CT molecular complexity index is 1160. The maximum Gasteiger partial charge on any atom is 0.336 e. The van der Waals surface area contributed by atoms with Crippen molar-refractivity contribution in [3.63, 3.8) is 0 Å². The van der Waals surface area contributed by atoms with Crippen LogP contribution in [0.3, 0.4) is 0 Å². The summed E-state index contributed by atoms with van der Waals surface area (Å²) >= 11 is 11.9. The van der Waals surface area contributed by atoms with Crippen LogP contribution in [0, 0.1) is 0 Å². The highest BCUT2D eigenvalue weighted by atomic mass is 35.5. The van der Waals surface area contributed by atoms with Crippen LogP contribution in [0.4, 0.5) is 0 Å². The fraction of sp³-hybridized carbons (Fsp3) is 0.0800. The summed E-state index contributed by atoms with van der Waals surface area (Å²) in [6.45, 7) is 1.57. The van der Waals surface area contributed by atoms with Crippen molar-refractivity contribution in [2.24, 2.45) is 5.10 Å². The van der Waals surface area contributed by atoms with Crippen LogP contribution in [-0.2, 0) is 9.59 Å². The molecule has 33 heavy (non-hydrogen) atoms. The molecular weight excluding hydrogens is 463 g/mol. The van der Waals surface area contributed by atoms with Crippen molar-refractivity contribution >= 4 is 47.4 Å². The minimum atomic E-state index is -0.827. The molecule has 168 valence electrons. The number of hydrazone groups is 1. The molecule has 0 radical (unpaired) electrons. The van der Waals surface area contributed by atoms with Gasteiger partial charge in [-0.25, -0.2) is 10.2 Å². The minimum Gasteiger partial charge on any atom is -0.479 e. The van der Waals surface area contributed by atoms with E-state index in [0.29, 0.717) is 27.1 Å². The van der Waals surface area contributed by atoms with Crippen LogP contribution < -0.4 is 14.9 Å². The standard InChI is InChI=1S/C25H20Cl2N2O4/c1-17(32-23-13-10-20(26)15-22(23)27)25(31)29-28-16-19-7-11-21(12-8-19)33-24(30)14-9-18-5-3-2-4-6-18/h2-17H,1H3,(H,29,31)/b14-9+,28-16-/t17-/m0/s1. The number of nitrogens with zero attached hydrogens (tertiary/aromatic N) is 1. The van der Waals surface area contributed by atoms with Gasteiger partial charge in [-0.2, -0.15) is 5.10 Å². The third-order valence-electron chi connectivity index (χ3n) is 4.27. The van der Waals surface area contributed by atoms with E-state index in [1.165, 1.54) is 18.4 Å². The first-order valence-corrected chi connectivity index (χ1v) is 10.7. The maximum atomic E-state index is 12.2. The van der Waals surface area contributed by atoms with Crippen LogP contribution in [0.5, 0.6) is 11.5 Å². The van der Waals surface area contributed by atoms with Gasteiger partial charge in [-0.3, -0.25) is 4.79 Å². The van der Waals surface area contributed by atoms with E-state index < -0.39 is 18.0 Å². The number of carbonyl (C=O) groups excluding carboxylic acids is 2. The number of hydrogen-bond acceptors (Lipinski definition) is 5. The smallest absolute Gasteiger partial charge is 0.336 e. The van der Waals surface area contributed by atoms with Crippen molar-refractivity contribution in [3.05, 3.63) is 100 Å². The fourth-order valence-corrected chi connectivity index (χ4v) is 3.03. The van der Waals surface area contributed by atoms with Gasteiger partial charge in [0.05, 0.1) is 11.2 Å². The zero-order valence-corrected chi connectivity index (χ0v) is 19.1. The van der Waals surface area contributed by atoms with Crippen molar-refractivity contribution in [3.8, 4) is 11.5 Å². The molecule has 0 bridgehead atoms. The lowest BCUT2D eigenvalue weighted by atomic mass is 10.2. The molecule has 0 aliphatic heterocycles. The summed E-state index contributed by atoms with van der Waals surface area (Å²) in [5, 5.41) is 4.70. The fourth-order valence-electron chi connectivity index (χ4n) is 2.58. The van der Waals surface area contributed by atoms with Crippen LogP contribution in [0.25, 0.3) is 6.08 Å². The molecule has 3 aromatic rings. The van der Waals surface area contributed by atoms with Crippen molar-refractivity contribution < 1.29 is 19.1 Å². The number of nitrogens with one attached hydrogen (secondary N) is 1. The second-order valence-electron chi connectivity index (χ2n) is 6.80. The molecule has 6 nitrogen and oxygen atoms in total. The highest BCUT2D eigenvalue weighted by Crippen LogP contribution is 2.28. The molecule has 0 heterocycles. The Labute approximate surface area is 201 Å². The number of esters is 1. The number of rotatable bonds is 8. The lowest BCUT2D eigenvalue weighted by Crippen LogP contribution is -2.33. The van der Waals surface area contributed by atoms with Gasteiger partial charge in [-0.05, 0) is 66.6 Å². The van der Waals surface area contributed by atoms with Crippen molar-refractivity contribution in [1.82, 2.24) is 5.43 Å². The second-order valence-corrected chi connectivity index (χ2v) is 7.65. The molecular formula is C25H20Cl2N2O4. The molecule has 0 aliphatic rings. The Hall–Kier alpha value is -3.61. The molecule has 0 unspecified atom stereocenters. The van der Waals surface area contributed by atoms with E-state index >= 15 is 0 Å². The largest absolute Gasteiger partial charge is 0.479 e. The highest BCUT2D eigenvalue weighted by molar-refractivity contribution is 6.35. The molecule has 3 rings (SSSR count). The van der Waals surface area contributed by atoms with Gasteiger partial charge in [0.15, 0.2) is 6.10 Å². The molecule has 1 atom stereocenters. The van der Waals surface area contributed by atoms with Gasteiger partial charge in [0.1, 0.15) is 11.5 Å². The summed E-state index contributed by atoms with van der Waals surface area (Å²) in [6.07, 6.45) is 3.67. The quantitative estimate of drug-likeness (QED) is 0.150. The first-order valence-electron chi connectivity index (χ1n) is 9.90. The Morgan fingerprint density at radius 1 is 0.970 bits per heavy atom. The summed E-state index contributed by atoms with van der Waals surface area (Å²) < 4.78 is 10.8. The molecule has 0 saturated carbocycles. The molecule has 1 amide bonds. The average molecular weight is 483 g/mol. The Balaban J connectivity index is 1.47. The number of ether oxygens (including phenoxy) is 2. The van der Waals surface area contributed by atoms with Crippen molar-refractivity contribution in [2.45, 2.75) is 13.0 Å². The predicted molar refractivity (Wildman–Crippen MR) is 130 cm³/mol. The summed E-state index contributed by atoms with van der Waals surface area (Å²) in [6, 6.07) is 20.8. The molecule has 0 aromatic heterocycles. The van der Waals surface area contributed by atoms with Crippen molar-refractivity contribution in [2.75, 3.05) is 0 Å². The molecule has 0 aliphatic carbocycles. The topological polar surface area (TPSA) is 77.0 Å². The third kappa shape index (κ3) is 7.79. The van der Waals surface area contributed by atoms with Gasteiger partial charge >= 0.3 is 5.97 Å². The number of benzene rings is 3. The summed E-state index contributed by atoms with van der Waals surface area (Å²) in [5.74, 6) is -0.201. The summed E-state index contributed by atoms with van der Waals surface area (Å²) in [4.78, 5) is 24.1. The monoisotopic (exact) mass is 482 g/mol. The zero-order chi connectivity index (χ0) is 23.6. The highest BCUT2D eigenvalue weighted by Gasteiger charge is 2.15. The molecule has 0 spiro atoms. The molecule has 3 aromatic carbocycles.